The van der Waals surface area contributed by atoms with Gasteiger partial charge in [0.2, 0.25) is 0 Å². The predicted molar refractivity (Wildman–Crippen MR) is 83.3 cm³/mol. The number of sulfonamides is 1. The van der Waals surface area contributed by atoms with Gasteiger partial charge in [-0.25, -0.2) is 17.6 Å². The summed E-state index contributed by atoms with van der Waals surface area (Å²) >= 11 is 2.02. The van der Waals surface area contributed by atoms with Crippen molar-refractivity contribution in [2.24, 2.45) is 0 Å². The van der Waals surface area contributed by atoms with Crippen LogP contribution in [-0.4, -0.2) is 19.5 Å². The molecule has 0 aromatic heterocycles. The van der Waals surface area contributed by atoms with Crippen molar-refractivity contribution in [3.05, 3.63) is 57.4 Å². The molecule has 2 aromatic rings. The topological polar surface area (TPSA) is 83.5 Å². The Morgan fingerprint density at radius 1 is 1.14 bits per heavy atom. The summed E-state index contributed by atoms with van der Waals surface area (Å²) in [4.78, 5) is 11.0. The lowest BCUT2D eigenvalue weighted by Crippen LogP contribution is -2.15. The van der Waals surface area contributed by atoms with Crippen LogP contribution in [0.3, 0.4) is 0 Å². The van der Waals surface area contributed by atoms with Crippen LogP contribution < -0.4 is 4.72 Å². The molecule has 2 rings (SSSR count). The minimum absolute atomic E-state index is 0.0384. The van der Waals surface area contributed by atoms with E-state index in [0.29, 0.717) is 0 Å². The Hall–Kier alpha value is -1.68. The van der Waals surface area contributed by atoms with Crippen molar-refractivity contribution in [3.8, 4) is 0 Å². The Kier molecular flexibility index (Phi) is 4.47. The van der Waals surface area contributed by atoms with Gasteiger partial charge in [0.05, 0.1) is 16.1 Å². The van der Waals surface area contributed by atoms with E-state index in [4.69, 9.17) is 5.11 Å². The lowest BCUT2D eigenvalue weighted by Gasteiger charge is -2.10. The molecule has 2 N–H and O–H groups in total. The number of hydrogen-bond acceptors (Lipinski definition) is 3. The van der Waals surface area contributed by atoms with E-state index in [1.165, 1.54) is 12.1 Å². The van der Waals surface area contributed by atoms with Gasteiger partial charge in [-0.05, 0) is 65.1 Å². The van der Waals surface area contributed by atoms with Gasteiger partial charge in [-0.15, -0.1) is 0 Å². The fourth-order valence-corrected chi connectivity index (χ4v) is 3.04. The van der Waals surface area contributed by atoms with Gasteiger partial charge in [0, 0.05) is 3.57 Å². The first kappa shape index (κ1) is 15.7. The Morgan fingerprint density at radius 2 is 1.76 bits per heavy atom. The quantitative estimate of drug-likeness (QED) is 0.744. The molecule has 2 aromatic carbocycles. The minimum atomic E-state index is -3.99. The highest BCUT2D eigenvalue weighted by molar-refractivity contribution is 14.1. The van der Waals surface area contributed by atoms with Gasteiger partial charge in [-0.2, -0.15) is 0 Å². The molecule has 0 bridgehead atoms. The fraction of sp³-hybridized carbons (Fsp3) is 0. The summed E-state index contributed by atoms with van der Waals surface area (Å²) in [6.07, 6.45) is 0. The maximum absolute atomic E-state index is 13.2. The molecule has 0 saturated heterocycles. The van der Waals surface area contributed by atoms with Crippen LogP contribution in [0.5, 0.6) is 0 Å². The molecular weight excluding hydrogens is 412 g/mol. The van der Waals surface area contributed by atoms with Crippen molar-refractivity contribution < 1.29 is 22.7 Å². The van der Waals surface area contributed by atoms with Crippen molar-refractivity contribution in [2.75, 3.05) is 4.72 Å². The summed E-state index contributed by atoms with van der Waals surface area (Å²) in [6, 6.07) is 8.73. The fourth-order valence-electron chi connectivity index (χ4n) is 1.60. The number of carboxylic acids is 1. The Bertz CT molecular complexity index is 790. The normalized spacial score (nSPS) is 11.1. The minimum Gasteiger partial charge on any atom is -0.478 e. The number of halogens is 2. The van der Waals surface area contributed by atoms with E-state index in [1.807, 2.05) is 22.6 Å². The SMILES string of the molecule is O=C(O)c1ccc(F)cc1NS(=O)(=O)c1ccc(I)cc1. The molecule has 0 radical (unpaired) electrons. The zero-order valence-corrected chi connectivity index (χ0v) is 13.4. The van der Waals surface area contributed by atoms with E-state index in [-0.39, 0.29) is 16.1 Å². The van der Waals surface area contributed by atoms with Crippen LogP contribution in [0.1, 0.15) is 10.4 Å². The smallest absolute Gasteiger partial charge is 0.337 e. The average molecular weight is 421 g/mol. The molecule has 0 spiro atoms. The molecule has 0 unspecified atom stereocenters. The van der Waals surface area contributed by atoms with Gasteiger partial charge in [0.15, 0.2) is 0 Å². The summed E-state index contributed by atoms with van der Waals surface area (Å²) in [7, 11) is -3.99. The first-order valence-corrected chi connectivity index (χ1v) is 8.17. The highest BCUT2D eigenvalue weighted by atomic mass is 127. The lowest BCUT2D eigenvalue weighted by atomic mass is 10.2. The molecule has 0 aliphatic rings. The number of anilines is 1. The van der Waals surface area contributed by atoms with Crippen molar-refractivity contribution in [1.82, 2.24) is 0 Å². The Morgan fingerprint density at radius 3 is 2.33 bits per heavy atom. The summed E-state index contributed by atoms with van der Waals surface area (Å²) in [5.41, 5.74) is -0.647. The second kappa shape index (κ2) is 5.98. The van der Waals surface area contributed by atoms with Gasteiger partial charge >= 0.3 is 5.97 Å². The standard InChI is InChI=1S/C13H9FINO4S/c14-8-1-6-11(13(17)18)12(7-8)16-21(19,20)10-4-2-9(15)3-5-10/h1-7,16H,(H,17,18). The molecule has 0 aliphatic carbocycles. The maximum atomic E-state index is 13.2. The summed E-state index contributed by atoms with van der Waals surface area (Å²) in [5, 5.41) is 9.00. The van der Waals surface area contributed by atoms with Gasteiger partial charge in [-0.1, -0.05) is 0 Å². The zero-order valence-electron chi connectivity index (χ0n) is 10.4. The lowest BCUT2D eigenvalue weighted by molar-refractivity contribution is 0.0698. The molecule has 0 aliphatic heterocycles. The molecule has 0 amide bonds. The monoisotopic (exact) mass is 421 g/mol. The van der Waals surface area contributed by atoms with E-state index < -0.39 is 21.8 Å². The first-order chi connectivity index (χ1) is 9.79. The largest absolute Gasteiger partial charge is 0.478 e. The summed E-state index contributed by atoms with van der Waals surface area (Å²) < 4.78 is 40.5. The van der Waals surface area contributed by atoms with Crippen molar-refractivity contribution in [3.63, 3.8) is 0 Å². The molecule has 0 saturated carbocycles. The van der Waals surface area contributed by atoms with E-state index in [1.54, 1.807) is 12.1 Å². The summed E-state index contributed by atoms with van der Waals surface area (Å²) in [6.45, 7) is 0. The highest BCUT2D eigenvalue weighted by Gasteiger charge is 2.19. The van der Waals surface area contributed by atoms with Crippen LogP contribution >= 0.6 is 22.6 Å². The number of carboxylic acid groups (broad SMARTS) is 1. The first-order valence-electron chi connectivity index (χ1n) is 5.61. The van der Waals surface area contributed by atoms with Gasteiger partial charge in [-0.3, -0.25) is 4.72 Å². The van der Waals surface area contributed by atoms with Crippen LogP contribution in [0.25, 0.3) is 0 Å². The number of benzene rings is 2. The van der Waals surface area contributed by atoms with Crippen molar-refractivity contribution >= 4 is 44.3 Å². The molecule has 21 heavy (non-hydrogen) atoms. The number of carbonyl (C=O) groups is 1. The second-order valence-corrected chi connectivity index (χ2v) is 6.98. The number of nitrogens with one attached hydrogen (secondary N) is 1. The molecule has 0 atom stereocenters. The number of rotatable bonds is 4. The third-order valence-electron chi connectivity index (χ3n) is 2.58. The van der Waals surface area contributed by atoms with E-state index in [0.717, 1.165) is 21.8 Å². The van der Waals surface area contributed by atoms with Crippen molar-refractivity contribution in [2.45, 2.75) is 4.90 Å². The third kappa shape index (κ3) is 3.70. The molecular formula is C13H9FINO4S. The highest BCUT2D eigenvalue weighted by Crippen LogP contribution is 2.22. The Balaban J connectivity index is 2.43. The molecule has 110 valence electrons. The van der Waals surface area contributed by atoms with E-state index >= 15 is 0 Å². The zero-order chi connectivity index (χ0) is 15.6. The summed E-state index contributed by atoms with van der Waals surface area (Å²) in [5.74, 6) is -2.09. The molecule has 0 fully saturated rings. The number of hydrogen-bond donors (Lipinski definition) is 2. The van der Waals surface area contributed by atoms with Gasteiger partial charge in [0.25, 0.3) is 10.0 Å². The van der Waals surface area contributed by atoms with E-state index in [2.05, 4.69) is 4.72 Å². The van der Waals surface area contributed by atoms with Crippen LogP contribution in [0, 0.1) is 9.39 Å². The van der Waals surface area contributed by atoms with E-state index in [9.17, 15) is 17.6 Å². The number of aromatic carboxylic acids is 1. The van der Waals surface area contributed by atoms with Crippen molar-refractivity contribution in [1.29, 1.82) is 0 Å². The molecule has 0 heterocycles. The Labute approximate surface area is 134 Å². The average Bonchev–Trinajstić information content (AvgIpc) is 2.38. The molecule has 8 heteroatoms. The predicted octanol–water partition coefficient (Wildman–Crippen LogP) is 2.93. The van der Waals surface area contributed by atoms with Crippen LogP contribution in [0.4, 0.5) is 10.1 Å². The second-order valence-electron chi connectivity index (χ2n) is 4.05. The van der Waals surface area contributed by atoms with Crippen LogP contribution in [0.2, 0.25) is 0 Å². The van der Waals surface area contributed by atoms with Crippen LogP contribution in [0.15, 0.2) is 47.4 Å². The van der Waals surface area contributed by atoms with Gasteiger partial charge in [0.1, 0.15) is 5.82 Å². The van der Waals surface area contributed by atoms with Gasteiger partial charge < -0.3 is 5.11 Å². The van der Waals surface area contributed by atoms with Crippen LogP contribution in [-0.2, 0) is 10.0 Å². The third-order valence-corrected chi connectivity index (χ3v) is 4.68. The maximum Gasteiger partial charge on any atom is 0.337 e. The molecule has 5 nitrogen and oxygen atoms in total.